The molecule has 4 aromatic rings. The van der Waals surface area contributed by atoms with Crippen LogP contribution in [0.15, 0.2) is 64.1 Å². The lowest BCUT2D eigenvalue weighted by molar-refractivity contribution is -0.144. The minimum Gasteiger partial charge on any atom is -0.391 e. The van der Waals surface area contributed by atoms with Crippen molar-refractivity contribution < 1.29 is 29.1 Å². The highest BCUT2D eigenvalue weighted by Gasteiger charge is 2.44. The summed E-state index contributed by atoms with van der Waals surface area (Å²) < 4.78 is 0. The third-order valence-corrected chi connectivity index (χ3v) is 14.8. The van der Waals surface area contributed by atoms with E-state index >= 15 is 0 Å². The second-order valence-corrected chi connectivity index (χ2v) is 21.3. The predicted octanol–water partition coefficient (Wildman–Crippen LogP) is 5.99. The maximum absolute atomic E-state index is 14.1. The molecule has 9 N–H and O–H groups in total. The first kappa shape index (κ1) is 52.0. The van der Waals surface area contributed by atoms with Gasteiger partial charge in [-0.15, -0.1) is 11.3 Å². The van der Waals surface area contributed by atoms with Crippen molar-refractivity contribution in [3.8, 4) is 10.4 Å². The van der Waals surface area contributed by atoms with Gasteiger partial charge in [0, 0.05) is 49.5 Å². The molecule has 4 atom stereocenters. The van der Waals surface area contributed by atoms with E-state index in [0.717, 1.165) is 47.6 Å². The van der Waals surface area contributed by atoms with E-state index in [2.05, 4.69) is 41.1 Å². The van der Waals surface area contributed by atoms with Gasteiger partial charge in [0.25, 0.3) is 0 Å². The Kier molecular flexibility index (Phi) is 17.5. The normalized spacial score (nSPS) is 17.8. The molecule has 0 unspecified atom stereocenters. The number of nitrogens with one attached hydrogen (secondary N) is 4. The van der Waals surface area contributed by atoms with E-state index in [4.69, 9.17) is 23.1 Å². The molecule has 366 valence electrons. The molecule has 4 heterocycles. The zero-order valence-electron chi connectivity index (χ0n) is 39.6. The highest BCUT2D eigenvalue weighted by Crippen LogP contribution is 2.39. The van der Waals surface area contributed by atoms with Crippen molar-refractivity contribution in [2.24, 2.45) is 11.1 Å². The van der Waals surface area contributed by atoms with Crippen molar-refractivity contribution in [3.05, 3.63) is 70.5 Å². The van der Waals surface area contributed by atoms with Gasteiger partial charge in [0.2, 0.25) is 29.5 Å². The van der Waals surface area contributed by atoms with E-state index in [1.807, 2.05) is 71.3 Å². The summed E-state index contributed by atoms with van der Waals surface area (Å²) in [6.07, 6.45) is 3.91. The summed E-state index contributed by atoms with van der Waals surface area (Å²) in [5.74, 6) is -1.21. The number of aliphatic hydroxyl groups excluding tert-OH is 1. The summed E-state index contributed by atoms with van der Waals surface area (Å²) in [6.45, 7) is 13.2. The number of amides is 5. The summed E-state index contributed by atoms with van der Waals surface area (Å²) in [4.78, 5) is 85.0. The number of nitrogen functional groups attached to an aromatic ring is 1. The molecule has 2 aliphatic rings. The maximum atomic E-state index is 14.1. The second-order valence-electron chi connectivity index (χ2n) is 19.0. The van der Waals surface area contributed by atoms with Crippen LogP contribution in [0.4, 0.5) is 17.3 Å². The number of nitrogens with zero attached hydrogens (tertiary/aromatic N) is 5. The van der Waals surface area contributed by atoms with E-state index in [9.17, 15) is 29.1 Å². The second kappa shape index (κ2) is 22.8. The number of hydrogen-bond acceptors (Lipinski definition) is 14. The number of nitrogens with two attached hydrogens (primary N) is 2. The zero-order valence-corrected chi connectivity index (χ0v) is 42.0. The van der Waals surface area contributed by atoms with Gasteiger partial charge in [-0.25, -0.2) is 15.0 Å². The molecule has 0 radical (unpaired) electrons. The molecule has 0 saturated carbocycles. The summed E-state index contributed by atoms with van der Waals surface area (Å²) in [5.41, 5.74) is 16.7. The first-order valence-corrected chi connectivity index (χ1v) is 25.0. The van der Waals surface area contributed by atoms with Crippen LogP contribution < -0.4 is 37.6 Å². The summed E-state index contributed by atoms with van der Waals surface area (Å²) >= 11 is 9.46. The lowest BCUT2D eigenvalue weighted by Gasteiger charge is -2.37. The molecule has 2 aliphatic heterocycles. The maximum Gasteiger partial charge on any atom is 0.246 e. The van der Waals surface area contributed by atoms with Crippen molar-refractivity contribution in [1.29, 1.82) is 0 Å². The SMILES string of the molecule is Cc1ncsc1-c1ccc([C@@H](C)NC(=O)[C@H]2C[C@H](O)CN2C(=O)[C@H](NC(=O)CCCCCNC(=O)CC(=O)Nc2cccc(Sc3ncc(N4CCC(C)(N)CC4)nc3N)c2Cl)C(C)(C)C)cc1. The fraction of sp³-hybridized carbons (Fsp3) is 0.500. The highest BCUT2D eigenvalue weighted by molar-refractivity contribution is 7.99. The average molecular weight is 991 g/mol. The van der Waals surface area contributed by atoms with Gasteiger partial charge in [0.05, 0.1) is 45.1 Å². The molecule has 17 nitrogen and oxygen atoms in total. The van der Waals surface area contributed by atoms with E-state index < -0.39 is 47.7 Å². The summed E-state index contributed by atoms with van der Waals surface area (Å²) in [6, 6.07) is 10.8. The summed E-state index contributed by atoms with van der Waals surface area (Å²) in [7, 11) is 0. The van der Waals surface area contributed by atoms with E-state index in [-0.39, 0.29) is 53.6 Å². The van der Waals surface area contributed by atoms with Crippen molar-refractivity contribution in [2.75, 3.05) is 42.1 Å². The summed E-state index contributed by atoms with van der Waals surface area (Å²) in [5, 5.41) is 22.7. The lowest BCUT2D eigenvalue weighted by atomic mass is 9.85. The van der Waals surface area contributed by atoms with Gasteiger partial charge in [0.15, 0.2) is 5.82 Å². The van der Waals surface area contributed by atoms with E-state index in [1.165, 1.54) is 16.7 Å². The third-order valence-electron chi connectivity index (χ3n) is 12.2. The van der Waals surface area contributed by atoms with Crippen LogP contribution >= 0.6 is 34.7 Å². The first-order valence-electron chi connectivity index (χ1n) is 23.0. The highest BCUT2D eigenvalue weighted by atomic mass is 35.5. The quantitative estimate of drug-likeness (QED) is 0.0448. The average Bonchev–Trinajstić information content (AvgIpc) is 3.90. The monoisotopic (exact) mass is 989 g/mol. The molecular formula is C48H64ClN11O6S2. The van der Waals surface area contributed by atoms with E-state index in [1.54, 1.807) is 35.7 Å². The van der Waals surface area contributed by atoms with Crippen LogP contribution in [0.3, 0.4) is 0 Å². The third kappa shape index (κ3) is 13.9. The van der Waals surface area contributed by atoms with Crippen molar-refractivity contribution in [2.45, 2.75) is 133 Å². The number of halogens is 1. The van der Waals surface area contributed by atoms with Crippen molar-refractivity contribution >= 4 is 81.6 Å². The largest absolute Gasteiger partial charge is 0.391 e. The minimum atomic E-state index is -0.947. The standard InChI is InChI=1S/C48H64ClN11O6S2/c1-28(30-14-16-31(17-15-30)41-29(2)54-27-67-41)55-44(65)34-23-32(61)26-60(34)46(66)42(47(3,4)5)58-37(62)13-8-7-9-20-52-38(63)24-39(64)56-33-11-10-12-35(40(33)49)68-45-43(50)57-36(25-53-45)59-21-18-48(6,51)19-22-59/h10-12,14-17,25,27-28,32,34,42,61H,7-9,13,18-24,26,51H2,1-6H3,(H2,50,57)(H,52,63)(H,55,65)(H,56,64)(H,58,62)/t28-,32+,34-,42+/m1/s1. The molecule has 0 aliphatic carbocycles. The van der Waals surface area contributed by atoms with Gasteiger partial charge in [-0.05, 0) is 75.1 Å². The van der Waals surface area contributed by atoms with Gasteiger partial charge in [-0.1, -0.05) is 80.9 Å². The van der Waals surface area contributed by atoms with Crippen LogP contribution in [-0.4, -0.2) is 104 Å². The molecule has 2 fully saturated rings. The van der Waals surface area contributed by atoms with Gasteiger partial charge in [-0.2, -0.15) is 0 Å². The number of likely N-dealkylation sites (tertiary alicyclic amines) is 1. The molecule has 5 amide bonds. The number of rotatable bonds is 18. The molecule has 0 spiro atoms. The number of hydrogen-bond donors (Lipinski definition) is 7. The molecule has 20 heteroatoms. The number of unbranched alkanes of at least 4 members (excludes halogenated alkanes) is 2. The van der Waals surface area contributed by atoms with Crippen LogP contribution in [-0.2, 0) is 24.0 Å². The van der Waals surface area contributed by atoms with Crippen molar-refractivity contribution in [3.63, 3.8) is 0 Å². The van der Waals surface area contributed by atoms with Crippen LogP contribution in [0.25, 0.3) is 10.4 Å². The van der Waals surface area contributed by atoms with Crippen molar-refractivity contribution in [1.82, 2.24) is 35.8 Å². The molecule has 2 aromatic heterocycles. The number of β-amino-alcohol motifs (C(OH)–C–C–N with tert-alkyl or cyclic N) is 1. The van der Waals surface area contributed by atoms with Crippen LogP contribution in [0.2, 0.25) is 5.02 Å². The van der Waals surface area contributed by atoms with Gasteiger partial charge in [-0.3, -0.25) is 24.0 Å². The Labute approximate surface area is 411 Å². The number of aliphatic hydroxyl groups is 1. The Morgan fingerprint density at radius 3 is 2.38 bits per heavy atom. The Morgan fingerprint density at radius 1 is 1.00 bits per heavy atom. The fourth-order valence-electron chi connectivity index (χ4n) is 8.12. The first-order chi connectivity index (χ1) is 32.2. The molecule has 6 rings (SSSR count). The predicted molar refractivity (Wildman–Crippen MR) is 267 cm³/mol. The minimum absolute atomic E-state index is 0.0265. The van der Waals surface area contributed by atoms with Gasteiger partial charge in [0.1, 0.15) is 29.3 Å². The number of piperidine rings is 1. The topological polar surface area (TPSA) is 251 Å². The molecule has 2 aromatic carbocycles. The number of aryl methyl sites for hydroxylation is 1. The molecule has 68 heavy (non-hydrogen) atoms. The Bertz CT molecular complexity index is 2440. The Hall–Kier alpha value is -5.34. The lowest BCUT2D eigenvalue weighted by Crippen LogP contribution is -2.57. The molecular weight excluding hydrogens is 926 g/mol. The number of carbonyl (C=O) groups is 5. The smallest absolute Gasteiger partial charge is 0.246 e. The Morgan fingerprint density at radius 2 is 1.72 bits per heavy atom. The molecule has 0 bridgehead atoms. The van der Waals surface area contributed by atoms with E-state index in [0.29, 0.717) is 47.2 Å². The van der Waals surface area contributed by atoms with Crippen LogP contribution in [0.1, 0.15) is 103 Å². The molecule has 2 saturated heterocycles. The number of carbonyl (C=O) groups excluding carboxylic acids is 5. The van der Waals surface area contributed by atoms with Gasteiger partial charge < -0.3 is 47.6 Å². The zero-order chi connectivity index (χ0) is 49.3. The number of thiazole rings is 1. The number of anilines is 3. The Balaban J connectivity index is 0.906. The van der Waals surface area contributed by atoms with Crippen LogP contribution in [0.5, 0.6) is 0 Å². The van der Waals surface area contributed by atoms with Crippen LogP contribution in [0, 0.1) is 12.3 Å². The number of aromatic nitrogens is 3. The number of benzene rings is 2. The van der Waals surface area contributed by atoms with Gasteiger partial charge >= 0.3 is 0 Å². The fourth-order valence-corrected chi connectivity index (χ4v) is 10.0.